The molecule has 0 radical (unpaired) electrons. The maximum Gasteiger partial charge on any atom is 0.236 e. The number of hydrogen-bond acceptors (Lipinski definition) is 2. The SMILES string of the molecule is O=C(CNC/C=C/Cl)N1CCCCC1. The normalized spacial score (nSPS) is 17.6. The van der Waals surface area contributed by atoms with Crippen molar-refractivity contribution in [2.75, 3.05) is 26.2 Å². The van der Waals surface area contributed by atoms with Gasteiger partial charge in [0.1, 0.15) is 0 Å². The molecule has 0 aliphatic carbocycles. The Bertz CT molecular complexity index is 200. The summed E-state index contributed by atoms with van der Waals surface area (Å²) >= 11 is 5.35. The summed E-state index contributed by atoms with van der Waals surface area (Å²) in [6.07, 6.45) is 5.33. The molecule has 14 heavy (non-hydrogen) atoms. The summed E-state index contributed by atoms with van der Waals surface area (Å²) < 4.78 is 0. The summed E-state index contributed by atoms with van der Waals surface area (Å²) in [5, 5.41) is 3.02. The van der Waals surface area contributed by atoms with Crippen LogP contribution < -0.4 is 5.32 Å². The van der Waals surface area contributed by atoms with Gasteiger partial charge in [-0.25, -0.2) is 0 Å². The molecule has 1 N–H and O–H groups in total. The molecule has 1 saturated heterocycles. The van der Waals surface area contributed by atoms with Gasteiger partial charge < -0.3 is 10.2 Å². The van der Waals surface area contributed by atoms with Crippen LogP contribution in [0.15, 0.2) is 11.6 Å². The number of nitrogens with zero attached hydrogens (tertiary/aromatic N) is 1. The molecule has 0 aromatic carbocycles. The zero-order valence-corrected chi connectivity index (χ0v) is 9.09. The third kappa shape index (κ3) is 4.11. The van der Waals surface area contributed by atoms with Crippen LogP contribution in [-0.2, 0) is 4.79 Å². The van der Waals surface area contributed by atoms with E-state index in [0.717, 1.165) is 25.9 Å². The highest BCUT2D eigenvalue weighted by molar-refractivity contribution is 6.25. The highest BCUT2D eigenvalue weighted by atomic mass is 35.5. The Balaban J connectivity index is 2.13. The summed E-state index contributed by atoms with van der Waals surface area (Å²) in [5.41, 5.74) is 1.46. The summed E-state index contributed by atoms with van der Waals surface area (Å²) in [4.78, 5) is 13.5. The van der Waals surface area contributed by atoms with Crippen LogP contribution in [0.5, 0.6) is 0 Å². The summed E-state index contributed by atoms with van der Waals surface area (Å²) in [7, 11) is 0. The molecule has 0 spiro atoms. The molecular formula is C10H17ClN2O. The fourth-order valence-corrected chi connectivity index (χ4v) is 1.65. The molecule has 80 valence electrons. The van der Waals surface area contributed by atoms with Gasteiger partial charge in [-0.05, 0) is 19.3 Å². The number of amides is 1. The molecule has 1 aliphatic heterocycles. The van der Waals surface area contributed by atoms with E-state index in [1.165, 1.54) is 12.0 Å². The number of carbonyl (C=O) groups is 1. The Morgan fingerprint density at radius 3 is 2.71 bits per heavy atom. The van der Waals surface area contributed by atoms with Crippen LogP contribution in [-0.4, -0.2) is 37.0 Å². The molecule has 0 unspecified atom stereocenters. The molecule has 1 rings (SSSR count). The first-order valence-corrected chi connectivity index (χ1v) is 5.52. The van der Waals surface area contributed by atoms with Gasteiger partial charge in [0.25, 0.3) is 0 Å². The van der Waals surface area contributed by atoms with Crippen molar-refractivity contribution in [2.45, 2.75) is 19.3 Å². The Labute approximate surface area is 90.1 Å². The van der Waals surface area contributed by atoms with Gasteiger partial charge >= 0.3 is 0 Å². The number of nitrogens with one attached hydrogen (secondary N) is 1. The average molecular weight is 217 g/mol. The van der Waals surface area contributed by atoms with Crippen molar-refractivity contribution in [3.8, 4) is 0 Å². The third-order valence-corrected chi connectivity index (χ3v) is 2.51. The molecular weight excluding hydrogens is 200 g/mol. The van der Waals surface area contributed by atoms with Gasteiger partial charge in [-0.2, -0.15) is 0 Å². The Morgan fingerprint density at radius 2 is 2.07 bits per heavy atom. The predicted molar refractivity (Wildman–Crippen MR) is 58.3 cm³/mol. The van der Waals surface area contributed by atoms with Crippen molar-refractivity contribution in [1.82, 2.24) is 10.2 Å². The minimum absolute atomic E-state index is 0.202. The lowest BCUT2D eigenvalue weighted by atomic mass is 10.1. The number of halogens is 1. The third-order valence-electron chi connectivity index (χ3n) is 2.34. The van der Waals surface area contributed by atoms with Crippen molar-refractivity contribution in [3.05, 3.63) is 11.6 Å². The maximum absolute atomic E-state index is 11.6. The molecule has 0 aromatic rings. The lowest BCUT2D eigenvalue weighted by molar-refractivity contribution is -0.131. The Kier molecular flexibility index (Phi) is 5.64. The zero-order chi connectivity index (χ0) is 10.2. The number of piperidine rings is 1. The van der Waals surface area contributed by atoms with Crippen molar-refractivity contribution in [2.24, 2.45) is 0 Å². The van der Waals surface area contributed by atoms with Crippen molar-refractivity contribution in [3.63, 3.8) is 0 Å². The second-order valence-electron chi connectivity index (χ2n) is 3.43. The molecule has 0 atom stereocenters. The molecule has 1 aliphatic rings. The monoisotopic (exact) mass is 216 g/mol. The topological polar surface area (TPSA) is 32.3 Å². The lowest BCUT2D eigenvalue weighted by Crippen LogP contribution is -2.41. The smallest absolute Gasteiger partial charge is 0.236 e. The van der Waals surface area contributed by atoms with Gasteiger partial charge in [-0.15, -0.1) is 0 Å². The highest BCUT2D eigenvalue weighted by Crippen LogP contribution is 2.07. The van der Waals surface area contributed by atoms with E-state index >= 15 is 0 Å². The van der Waals surface area contributed by atoms with E-state index in [1.54, 1.807) is 6.08 Å². The minimum Gasteiger partial charge on any atom is -0.342 e. The largest absolute Gasteiger partial charge is 0.342 e. The summed E-state index contributed by atoms with van der Waals surface area (Å²) in [6, 6.07) is 0. The van der Waals surface area contributed by atoms with E-state index in [2.05, 4.69) is 5.32 Å². The van der Waals surface area contributed by atoms with E-state index in [9.17, 15) is 4.79 Å². The first-order valence-electron chi connectivity index (χ1n) is 5.08. The van der Waals surface area contributed by atoms with E-state index in [1.807, 2.05) is 4.90 Å². The van der Waals surface area contributed by atoms with Crippen LogP contribution in [0.2, 0.25) is 0 Å². The van der Waals surface area contributed by atoms with Crippen molar-refractivity contribution < 1.29 is 4.79 Å². The Hall–Kier alpha value is -0.540. The van der Waals surface area contributed by atoms with Gasteiger partial charge in [-0.3, -0.25) is 4.79 Å². The molecule has 0 bridgehead atoms. The summed E-state index contributed by atoms with van der Waals surface area (Å²) in [6.45, 7) is 2.92. The van der Waals surface area contributed by atoms with Gasteiger partial charge in [-0.1, -0.05) is 17.7 Å². The molecule has 1 fully saturated rings. The number of hydrogen-bond donors (Lipinski definition) is 1. The van der Waals surface area contributed by atoms with Crippen LogP contribution in [0.4, 0.5) is 0 Å². The number of rotatable bonds is 4. The van der Waals surface area contributed by atoms with Crippen LogP contribution in [0, 0.1) is 0 Å². The fourth-order valence-electron chi connectivity index (χ4n) is 1.56. The summed E-state index contributed by atoms with van der Waals surface area (Å²) in [5.74, 6) is 0.202. The Morgan fingerprint density at radius 1 is 1.36 bits per heavy atom. The second kappa shape index (κ2) is 6.85. The van der Waals surface area contributed by atoms with Crippen molar-refractivity contribution >= 4 is 17.5 Å². The van der Waals surface area contributed by atoms with Crippen LogP contribution in [0.1, 0.15) is 19.3 Å². The van der Waals surface area contributed by atoms with E-state index in [0.29, 0.717) is 13.1 Å². The molecule has 1 heterocycles. The zero-order valence-electron chi connectivity index (χ0n) is 8.34. The van der Waals surface area contributed by atoms with Crippen LogP contribution in [0.25, 0.3) is 0 Å². The van der Waals surface area contributed by atoms with Crippen LogP contribution >= 0.6 is 11.6 Å². The first kappa shape index (κ1) is 11.5. The second-order valence-corrected chi connectivity index (χ2v) is 3.69. The molecule has 4 heteroatoms. The van der Waals surface area contributed by atoms with Gasteiger partial charge in [0, 0.05) is 25.2 Å². The molecule has 1 amide bonds. The minimum atomic E-state index is 0.202. The number of likely N-dealkylation sites (tertiary alicyclic amines) is 1. The number of carbonyl (C=O) groups excluding carboxylic acids is 1. The molecule has 0 aromatic heterocycles. The predicted octanol–water partition coefficient (Wildman–Crippen LogP) is 1.34. The van der Waals surface area contributed by atoms with E-state index < -0.39 is 0 Å². The molecule has 0 saturated carbocycles. The average Bonchev–Trinajstić information content (AvgIpc) is 2.25. The highest BCUT2D eigenvalue weighted by Gasteiger charge is 2.14. The van der Waals surface area contributed by atoms with E-state index in [4.69, 9.17) is 11.6 Å². The van der Waals surface area contributed by atoms with Crippen molar-refractivity contribution in [1.29, 1.82) is 0 Å². The first-order chi connectivity index (χ1) is 6.84. The van der Waals surface area contributed by atoms with Gasteiger partial charge in [0.05, 0.1) is 6.54 Å². The lowest BCUT2D eigenvalue weighted by Gasteiger charge is -2.26. The van der Waals surface area contributed by atoms with Gasteiger partial charge in [0.15, 0.2) is 0 Å². The maximum atomic E-state index is 11.6. The van der Waals surface area contributed by atoms with Gasteiger partial charge in [0.2, 0.25) is 5.91 Å². The quantitative estimate of drug-likeness (QED) is 0.720. The molecule has 3 nitrogen and oxygen atoms in total. The fraction of sp³-hybridized carbons (Fsp3) is 0.700. The van der Waals surface area contributed by atoms with Crippen LogP contribution in [0.3, 0.4) is 0 Å². The van der Waals surface area contributed by atoms with E-state index in [-0.39, 0.29) is 5.91 Å². The standard InChI is InChI=1S/C10H17ClN2O/c11-5-4-6-12-9-10(14)13-7-2-1-3-8-13/h4-5,12H,1-3,6-9H2/b5-4+.